The van der Waals surface area contributed by atoms with E-state index in [9.17, 15) is 9.59 Å². The number of methoxy groups -OCH3 is 2. The van der Waals surface area contributed by atoms with E-state index in [0.29, 0.717) is 22.2 Å². The molecule has 7 nitrogen and oxygen atoms in total. The molecule has 2 aromatic carbocycles. The molecule has 0 bridgehead atoms. The molecule has 2 saturated heterocycles. The van der Waals surface area contributed by atoms with Gasteiger partial charge in [-0.15, -0.1) is 0 Å². The maximum Gasteiger partial charge on any atom is 0.262 e. The molecule has 0 aliphatic carbocycles. The Morgan fingerprint density at radius 3 is 2.30 bits per heavy atom. The summed E-state index contributed by atoms with van der Waals surface area (Å²) < 4.78 is 10.9. The zero-order valence-electron chi connectivity index (χ0n) is 17.2. The molecule has 2 aliphatic rings. The van der Waals surface area contributed by atoms with E-state index in [2.05, 4.69) is 0 Å². The highest BCUT2D eigenvalue weighted by molar-refractivity contribution is 6.30. The molecule has 2 heterocycles. The minimum Gasteiger partial charge on any atom is -0.497 e. The zero-order chi connectivity index (χ0) is 21.6. The number of amides is 2. The van der Waals surface area contributed by atoms with Gasteiger partial charge in [-0.25, -0.2) is 5.06 Å². The summed E-state index contributed by atoms with van der Waals surface area (Å²) in [5.74, 6) is -0.0984. The number of halogens is 1. The first-order valence-corrected chi connectivity index (χ1v) is 10.1. The monoisotopic (exact) mass is 430 g/mol. The van der Waals surface area contributed by atoms with Crippen molar-refractivity contribution in [2.45, 2.75) is 32.0 Å². The Hall–Kier alpha value is -2.77. The van der Waals surface area contributed by atoms with E-state index in [4.69, 9.17) is 25.9 Å². The van der Waals surface area contributed by atoms with Gasteiger partial charge in [0.25, 0.3) is 5.91 Å². The first kappa shape index (κ1) is 20.5. The number of imide groups is 1. The molecule has 0 spiro atoms. The van der Waals surface area contributed by atoms with Crippen LogP contribution in [-0.4, -0.2) is 43.1 Å². The highest BCUT2D eigenvalue weighted by Crippen LogP contribution is 2.49. The normalized spacial score (nSPS) is 23.3. The molecule has 0 unspecified atom stereocenters. The molecule has 0 N–H and O–H groups in total. The second-order valence-electron chi connectivity index (χ2n) is 7.55. The standard InChI is InChI=1S/C22H23ClN2O5/c1-12(2)24-21(26)18-19(16-10-9-15(28-3)11-17(16)29-4)25(30-20(18)22(24)27)14-7-5-13(23)6-8-14/h5-12,18-20H,1-4H3/t18-,19-,20-/m0/s1. The molecule has 8 heteroatoms. The molecule has 2 amide bonds. The van der Waals surface area contributed by atoms with Gasteiger partial charge in [0.15, 0.2) is 6.10 Å². The third-order valence-electron chi connectivity index (χ3n) is 5.51. The number of carbonyl (C=O) groups is 2. The highest BCUT2D eigenvalue weighted by atomic mass is 35.5. The smallest absolute Gasteiger partial charge is 0.262 e. The van der Waals surface area contributed by atoms with Crippen molar-refractivity contribution in [2.75, 3.05) is 19.3 Å². The summed E-state index contributed by atoms with van der Waals surface area (Å²) in [6, 6.07) is 11.6. The second kappa shape index (κ2) is 7.81. The number of hydrogen-bond donors (Lipinski definition) is 0. The number of hydroxylamine groups is 1. The predicted octanol–water partition coefficient (Wildman–Crippen LogP) is 3.61. The van der Waals surface area contributed by atoms with Crippen molar-refractivity contribution in [3.63, 3.8) is 0 Å². The fourth-order valence-corrected chi connectivity index (χ4v) is 4.26. The van der Waals surface area contributed by atoms with Gasteiger partial charge in [0.1, 0.15) is 17.4 Å². The maximum atomic E-state index is 13.3. The number of rotatable bonds is 5. The van der Waals surface area contributed by atoms with Crippen molar-refractivity contribution < 1.29 is 23.9 Å². The highest BCUT2D eigenvalue weighted by Gasteiger charge is 2.60. The first-order chi connectivity index (χ1) is 14.4. The summed E-state index contributed by atoms with van der Waals surface area (Å²) in [6.07, 6.45) is -0.896. The fourth-order valence-electron chi connectivity index (χ4n) is 4.14. The molecule has 2 aliphatic heterocycles. The topological polar surface area (TPSA) is 68.3 Å². The summed E-state index contributed by atoms with van der Waals surface area (Å²) in [6.45, 7) is 3.63. The molecule has 158 valence electrons. The zero-order valence-corrected chi connectivity index (χ0v) is 17.9. The molecule has 0 saturated carbocycles. The fraction of sp³-hybridized carbons (Fsp3) is 0.364. The quantitative estimate of drug-likeness (QED) is 0.675. The first-order valence-electron chi connectivity index (χ1n) is 9.67. The van der Waals surface area contributed by atoms with Crippen LogP contribution in [-0.2, 0) is 14.4 Å². The minimum atomic E-state index is -0.896. The Labute approximate surface area is 180 Å². The molecule has 3 atom stereocenters. The summed E-state index contributed by atoms with van der Waals surface area (Å²) in [5, 5.41) is 2.19. The summed E-state index contributed by atoms with van der Waals surface area (Å²) >= 11 is 6.04. The summed E-state index contributed by atoms with van der Waals surface area (Å²) in [7, 11) is 3.13. The molecular weight excluding hydrogens is 408 g/mol. The lowest BCUT2D eigenvalue weighted by atomic mass is 9.90. The van der Waals surface area contributed by atoms with E-state index in [1.54, 1.807) is 55.7 Å². The van der Waals surface area contributed by atoms with Gasteiger partial charge in [0, 0.05) is 22.7 Å². The van der Waals surface area contributed by atoms with Crippen LogP contribution in [0.25, 0.3) is 0 Å². The van der Waals surface area contributed by atoms with E-state index in [-0.39, 0.29) is 17.9 Å². The van der Waals surface area contributed by atoms with Crippen LogP contribution in [0.15, 0.2) is 42.5 Å². The predicted molar refractivity (Wildman–Crippen MR) is 112 cm³/mol. The van der Waals surface area contributed by atoms with Gasteiger partial charge in [0.05, 0.1) is 25.9 Å². The number of anilines is 1. The second-order valence-corrected chi connectivity index (χ2v) is 7.98. The van der Waals surface area contributed by atoms with Crippen LogP contribution in [0, 0.1) is 5.92 Å². The SMILES string of the molecule is COc1ccc([C@H]2[C@@H]3C(=O)N(C(C)C)C(=O)[C@H]3ON2c2ccc(Cl)cc2)c(OC)c1. The Morgan fingerprint density at radius 2 is 1.70 bits per heavy atom. The number of nitrogens with zero attached hydrogens (tertiary/aromatic N) is 2. The Morgan fingerprint density at radius 1 is 1.00 bits per heavy atom. The number of ether oxygens (including phenoxy) is 2. The van der Waals surface area contributed by atoms with Crippen LogP contribution in [0.2, 0.25) is 5.02 Å². The van der Waals surface area contributed by atoms with Gasteiger partial charge in [-0.2, -0.15) is 0 Å². The lowest BCUT2D eigenvalue weighted by Crippen LogP contribution is -2.41. The summed E-state index contributed by atoms with van der Waals surface area (Å²) in [5.41, 5.74) is 1.42. The lowest BCUT2D eigenvalue weighted by molar-refractivity contribution is -0.145. The Balaban J connectivity index is 1.84. The number of benzene rings is 2. The number of likely N-dealkylation sites (tertiary alicyclic amines) is 1. The Kier molecular flexibility index (Phi) is 5.34. The van der Waals surface area contributed by atoms with E-state index in [0.717, 1.165) is 5.56 Å². The molecule has 4 rings (SSSR count). The van der Waals surface area contributed by atoms with Crippen LogP contribution >= 0.6 is 11.6 Å². The van der Waals surface area contributed by atoms with Crippen molar-refractivity contribution in [1.82, 2.24) is 4.90 Å². The van der Waals surface area contributed by atoms with Crippen LogP contribution in [0.5, 0.6) is 11.5 Å². The largest absolute Gasteiger partial charge is 0.497 e. The molecule has 2 fully saturated rings. The van der Waals surface area contributed by atoms with Crippen LogP contribution in [0.3, 0.4) is 0 Å². The Bertz CT molecular complexity index is 978. The number of carbonyl (C=O) groups excluding carboxylic acids is 2. The molecule has 0 aromatic heterocycles. The minimum absolute atomic E-state index is 0.249. The van der Waals surface area contributed by atoms with E-state index < -0.39 is 18.1 Å². The third-order valence-corrected chi connectivity index (χ3v) is 5.76. The van der Waals surface area contributed by atoms with Gasteiger partial charge in [0.2, 0.25) is 5.91 Å². The number of fused-ring (bicyclic) bond motifs is 1. The molecule has 30 heavy (non-hydrogen) atoms. The molecular formula is C22H23ClN2O5. The van der Waals surface area contributed by atoms with Gasteiger partial charge >= 0.3 is 0 Å². The van der Waals surface area contributed by atoms with Crippen LogP contribution in [0.4, 0.5) is 5.69 Å². The maximum absolute atomic E-state index is 13.3. The lowest BCUT2D eigenvalue weighted by Gasteiger charge is -2.30. The van der Waals surface area contributed by atoms with Crippen molar-refractivity contribution in [2.24, 2.45) is 5.92 Å². The molecule has 0 radical (unpaired) electrons. The van der Waals surface area contributed by atoms with Crippen LogP contribution < -0.4 is 14.5 Å². The van der Waals surface area contributed by atoms with E-state index in [1.165, 1.54) is 4.90 Å². The van der Waals surface area contributed by atoms with Gasteiger partial charge < -0.3 is 9.47 Å². The van der Waals surface area contributed by atoms with Crippen molar-refractivity contribution in [1.29, 1.82) is 0 Å². The molecule has 2 aromatic rings. The van der Waals surface area contributed by atoms with Crippen molar-refractivity contribution in [3.05, 3.63) is 53.1 Å². The average Bonchev–Trinajstić information content (AvgIpc) is 3.24. The van der Waals surface area contributed by atoms with Crippen LogP contribution in [0.1, 0.15) is 25.5 Å². The average molecular weight is 431 g/mol. The van der Waals surface area contributed by atoms with Gasteiger partial charge in [-0.3, -0.25) is 19.3 Å². The van der Waals surface area contributed by atoms with E-state index in [1.807, 2.05) is 19.9 Å². The third kappa shape index (κ3) is 3.18. The van der Waals surface area contributed by atoms with E-state index >= 15 is 0 Å². The van der Waals surface area contributed by atoms with Crippen molar-refractivity contribution >= 4 is 29.1 Å². The number of hydrogen-bond acceptors (Lipinski definition) is 6. The summed E-state index contributed by atoms with van der Waals surface area (Å²) in [4.78, 5) is 33.6. The van der Waals surface area contributed by atoms with Gasteiger partial charge in [-0.1, -0.05) is 11.6 Å². The van der Waals surface area contributed by atoms with Crippen molar-refractivity contribution in [3.8, 4) is 11.5 Å². The van der Waals surface area contributed by atoms with Gasteiger partial charge in [-0.05, 0) is 50.2 Å².